The normalized spacial score (nSPS) is 23.7. The molecule has 2 rings (SSSR count). The number of hydrogen-bond donors (Lipinski definition) is 1. The molecule has 1 saturated heterocycles. The third kappa shape index (κ3) is 2.58. The Morgan fingerprint density at radius 3 is 2.45 bits per heavy atom. The van der Waals surface area contributed by atoms with Gasteiger partial charge in [0.05, 0.1) is 18.4 Å². The molecule has 1 amide bonds. The molecule has 1 aliphatic heterocycles. The smallest absolute Gasteiger partial charge is 0.257 e. The predicted octanol–water partition coefficient (Wildman–Crippen LogP) is 1.44. The van der Waals surface area contributed by atoms with E-state index in [-0.39, 0.29) is 5.91 Å². The van der Waals surface area contributed by atoms with Crippen molar-refractivity contribution in [1.82, 2.24) is 9.80 Å². The second-order valence-electron chi connectivity index (χ2n) is 5.50. The molecule has 1 fully saturated rings. The van der Waals surface area contributed by atoms with Gasteiger partial charge in [0.1, 0.15) is 0 Å². The Bertz CT molecular complexity index is 492. The van der Waals surface area contributed by atoms with Gasteiger partial charge in [0.15, 0.2) is 5.75 Å². The van der Waals surface area contributed by atoms with E-state index >= 15 is 0 Å². The van der Waals surface area contributed by atoms with Gasteiger partial charge in [0, 0.05) is 25.2 Å². The number of hydrogen-bond acceptors (Lipinski definition) is 4. The largest absolute Gasteiger partial charge is 0.494 e. The molecule has 2 unspecified atom stereocenters. The topological polar surface area (TPSA) is 58.8 Å². The van der Waals surface area contributed by atoms with Crippen molar-refractivity contribution in [2.75, 3.05) is 33.0 Å². The van der Waals surface area contributed by atoms with Gasteiger partial charge in [0.25, 0.3) is 5.91 Å². The molecule has 0 aromatic heterocycles. The van der Waals surface area contributed by atoms with Crippen LogP contribution in [-0.4, -0.2) is 55.0 Å². The summed E-state index contributed by atoms with van der Waals surface area (Å²) in [6, 6.07) is 5.98. The fraction of sp³-hybridized carbons (Fsp3) is 0.533. The van der Waals surface area contributed by atoms with E-state index in [9.17, 15) is 4.79 Å². The molecule has 1 heterocycles. The summed E-state index contributed by atoms with van der Waals surface area (Å²) in [5, 5.41) is 0. The highest BCUT2D eigenvalue weighted by molar-refractivity contribution is 5.98. The Labute approximate surface area is 120 Å². The number of piperazine rings is 1. The molecule has 20 heavy (non-hydrogen) atoms. The monoisotopic (exact) mass is 277 g/mol. The van der Waals surface area contributed by atoms with Gasteiger partial charge in [-0.15, -0.1) is 0 Å². The number of benzene rings is 1. The number of ether oxygens (including phenoxy) is 1. The van der Waals surface area contributed by atoms with Gasteiger partial charge in [0.2, 0.25) is 0 Å². The molecule has 2 atom stereocenters. The Hall–Kier alpha value is -1.75. The van der Waals surface area contributed by atoms with Crippen molar-refractivity contribution in [2.45, 2.75) is 25.9 Å². The first-order chi connectivity index (χ1) is 9.45. The maximum absolute atomic E-state index is 12.7. The van der Waals surface area contributed by atoms with Crippen molar-refractivity contribution >= 4 is 11.6 Å². The molecule has 0 bridgehead atoms. The van der Waals surface area contributed by atoms with Crippen molar-refractivity contribution in [1.29, 1.82) is 0 Å². The molecule has 110 valence electrons. The van der Waals surface area contributed by atoms with Crippen molar-refractivity contribution in [3.63, 3.8) is 0 Å². The highest BCUT2D eigenvalue weighted by atomic mass is 16.5. The number of nitrogens with zero attached hydrogens (tertiary/aromatic N) is 2. The summed E-state index contributed by atoms with van der Waals surface area (Å²) in [6.07, 6.45) is 0. The van der Waals surface area contributed by atoms with Crippen LogP contribution in [0.25, 0.3) is 0 Å². The van der Waals surface area contributed by atoms with Crippen LogP contribution in [0.3, 0.4) is 0 Å². The van der Waals surface area contributed by atoms with Crippen molar-refractivity contribution < 1.29 is 9.53 Å². The second kappa shape index (κ2) is 5.71. The van der Waals surface area contributed by atoms with Gasteiger partial charge in [-0.05, 0) is 33.0 Å². The molecule has 0 radical (unpaired) electrons. The molecule has 0 saturated carbocycles. The van der Waals surface area contributed by atoms with E-state index in [2.05, 4.69) is 25.8 Å². The molecule has 1 aromatic rings. The fourth-order valence-corrected chi connectivity index (χ4v) is 2.69. The maximum atomic E-state index is 12.7. The van der Waals surface area contributed by atoms with E-state index < -0.39 is 0 Å². The lowest BCUT2D eigenvalue weighted by Crippen LogP contribution is -2.56. The summed E-state index contributed by atoms with van der Waals surface area (Å²) in [4.78, 5) is 16.9. The average Bonchev–Trinajstić information content (AvgIpc) is 2.43. The number of nitrogen functional groups attached to an aromatic ring is 1. The maximum Gasteiger partial charge on any atom is 0.257 e. The number of para-hydroxylation sites is 1. The molecule has 0 spiro atoms. The SMILES string of the molecule is COc1c(N)cccc1C(=O)N1CC(C)N(C)C(C)C1. The van der Waals surface area contributed by atoms with Crippen LogP contribution in [-0.2, 0) is 0 Å². The van der Waals surface area contributed by atoms with Crippen LogP contribution in [0.15, 0.2) is 18.2 Å². The van der Waals surface area contributed by atoms with Crippen LogP contribution in [0.2, 0.25) is 0 Å². The number of amides is 1. The predicted molar refractivity (Wildman–Crippen MR) is 80.0 cm³/mol. The van der Waals surface area contributed by atoms with Gasteiger partial charge in [-0.25, -0.2) is 0 Å². The van der Waals surface area contributed by atoms with Crippen LogP contribution in [0.5, 0.6) is 5.75 Å². The average molecular weight is 277 g/mol. The van der Waals surface area contributed by atoms with Gasteiger partial charge >= 0.3 is 0 Å². The molecule has 0 aliphatic carbocycles. The third-order valence-corrected chi connectivity index (χ3v) is 4.13. The quantitative estimate of drug-likeness (QED) is 0.831. The number of carbonyl (C=O) groups excluding carboxylic acids is 1. The number of anilines is 1. The van der Waals surface area contributed by atoms with E-state index in [1.54, 1.807) is 18.2 Å². The summed E-state index contributed by atoms with van der Waals surface area (Å²) in [6.45, 7) is 5.70. The van der Waals surface area contributed by atoms with Crippen molar-refractivity contribution in [2.24, 2.45) is 0 Å². The number of nitrogens with two attached hydrogens (primary N) is 1. The number of methoxy groups -OCH3 is 1. The van der Waals surface area contributed by atoms with E-state index in [1.807, 2.05) is 4.90 Å². The molecule has 5 nitrogen and oxygen atoms in total. The lowest BCUT2D eigenvalue weighted by Gasteiger charge is -2.42. The molecule has 1 aromatic carbocycles. The molecule has 2 N–H and O–H groups in total. The minimum absolute atomic E-state index is 0.0130. The zero-order valence-corrected chi connectivity index (χ0v) is 12.6. The number of carbonyl (C=O) groups is 1. The van der Waals surface area contributed by atoms with Gasteiger partial charge < -0.3 is 15.4 Å². The zero-order chi connectivity index (χ0) is 14.9. The summed E-state index contributed by atoms with van der Waals surface area (Å²) < 4.78 is 5.28. The minimum atomic E-state index is -0.0130. The van der Waals surface area contributed by atoms with Gasteiger partial charge in [-0.2, -0.15) is 0 Å². The highest BCUT2D eigenvalue weighted by Crippen LogP contribution is 2.28. The molecule has 1 aliphatic rings. The minimum Gasteiger partial charge on any atom is -0.494 e. The second-order valence-corrected chi connectivity index (χ2v) is 5.50. The Morgan fingerprint density at radius 2 is 1.90 bits per heavy atom. The fourth-order valence-electron chi connectivity index (χ4n) is 2.69. The van der Waals surface area contributed by atoms with Crippen LogP contribution < -0.4 is 10.5 Å². The Kier molecular flexibility index (Phi) is 4.18. The van der Waals surface area contributed by atoms with Gasteiger partial charge in [-0.1, -0.05) is 6.07 Å². The summed E-state index contributed by atoms with van der Waals surface area (Å²) in [5.41, 5.74) is 6.90. The first-order valence-corrected chi connectivity index (χ1v) is 6.89. The van der Waals surface area contributed by atoms with E-state index in [0.717, 1.165) is 13.1 Å². The number of rotatable bonds is 2. The van der Waals surface area contributed by atoms with E-state index in [4.69, 9.17) is 10.5 Å². The first-order valence-electron chi connectivity index (χ1n) is 6.89. The van der Waals surface area contributed by atoms with Gasteiger partial charge in [-0.3, -0.25) is 9.69 Å². The molecule has 5 heteroatoms. The number of likely N-dealkylation sites (N-methyl/N-ethyl adjacent to an activating group) is 1. The van der Waals surface area contributed by atoms with Crippen LogP contribution in [0.1, 0.15) is 24.2 Å². The highest BCUT2D eigenvalue weighted by Gasteiger charge is 2.31. The first kappa shape index (κ1) is 14.7. The summed E-state index contributed by atoms with van der Waals surface area (Å²) in [7, 11) is 3.63. The van der Waals surface area contributed by atoms with Crippen molar-refractivity contribution in [3.05, 3.63) is 23.8 Å². The van der Waals surface area contributed by atoms with Crippen LogP contribution in [0, 0.1) is 0 Å². The van der Waals surface area contributed by atoms with Crippen LogP contribution >= 0.6 is 0 Å². The Balaban J connectivity index is 2.26. The van der Waals surface area contributed by atoms with Crippen LogP contribution in [0.4, 0.5) is 5.69 Å². The lowest BCUT2D eigenvalue weighted by atomic mass is 10.1. The zero-order valence-electron chi connectivity index (χ0n) is 12.6. The summed E-state index contributed by atoms with van der Waals surface area (Å²) >= 11 is 0. The summed E-state index contributed by atoms with van der Waals surface area (Å²) in [5.74, 6) is 0.456. The Morgan fingerprint density at radius 1 is 1.30 bits per heavy atom. The lowest BCUT2D eigenvalue weighted by molar-refractivity contribution is 0.0412. The molecular formula is C15H23N3O2. The van der Waals surface area contributed by atoms with E-state index in [0.29, 0.717) is 29.1 Å². The standard InChI is InChI=1S/C15H23N3O2/c1-10-8-18(9-11(2)17(10)3)15(19)12-6-5-7-13(16)14(12)20-4/h5-7,10-11H,8-9,16H2,1-4H3. The van der Waals surface area contributed by atoms with Crippen molar-refractivity contribution in [3.8, 4) is 5.75 Å². The molecular weight excluding hydrogens is 254 g/mol. The van der Waals surface area contributed by atoms with E-state index in [1.165, 1.54) is 7.11 Å². The third-order valence-electron chi connectivity index (χ3n) is 4.13.